The maximum atomic E-state index is 4.88. The zero-order chi connectivity index (χ0) is 19.6. The van der Waals surface area contributed by atoms with Gasteiger partial charge >= 0.3 is 0 Å². The smallest absolute Gasteiger partial charge is 0.106 e. The molecule has 0 aliphatic carbocycles. The number of fused-ring (bicyclic) bond motifs is 1. The summed E-state index contributed by atoms with van der Waals surface area (Å²) in [6, 6.07) is 29.0. The third-order valence-electron chi connectivity index (χ3n) is 4.84. The average Bonchev–Trinajstić information content (AvgIpc) is 2.79. The van der Waals surface area contributed by atoms with Crippen LogP contribution in [0.2, 0.25) is 0 Å². The van der Waals surface area contributed by atoms with Crippen LogP contribution in [0, 0.1) is 0 Å². The van der Waals surface area contributed by atoms with Crippen molar-refractivity contribution in [2.45, 2.75) is 0 Å². The van der Waals surface area contributed by atoms with Crippen LogP contribution < -0.4 is 0 Å². The van der Waals surface area contributed by atoms with E-state index in [0.717, 1.165) is 38.4 Å². The van der Waals surface area contributed by atoms with Gasteiger partial charge in [-0.25, -0.2) is 9.97 Å². The molecule has 0 atom stereocenters. The molecule has 0 fully saturated rings. The SMILES string of the molecule is Brc1cccc(-c2cc(-c3ccc4ccccc4c3)cc(-c3cccnc3)n2)n1. The summed E-state index contributed by atoms with van der Waals surface area (Å²) in [7, 11) is 0. The van der Waals surface area contributed by atoms with Crippen molar-refractivity contribution in [2.75, 3.05) is 0 Å². The van der Waals surface area contributed by atoms with E-state index in [1.54, 1.807) is 6.20 Å². The number of hydrogen-bond acceptors (Lipinski definition) is 3. The van der Waals surface area contributed by atoms with Crippen LogP contribution in [0.5, 0.6) is 0 Å². The maximum absolute atomic E-state index is 4.88. The standard InChI is InChI=1S/C25H16BrN3/c26-25-9-3-8-22(29-25)24-15-21(14-23(28-24)20-7-4-12-27-16-20)19-11-10-17-5-1-2-6-18(17)13-19/h1-16H. The second kappa shape index (κ2) is 7.57. The molecule has 3 heterocycles. The molecule has 0 saturated carbocycles. The summed E-state index contributed by atoms with van der Waals surface area (Å²) in [5.41, 5.74) is 5.75. The van der Waals surface area contributed by atoms with Crippen LogP contribution >= 0.6 is 15.9 Å². The van der Waals surface area contributed by atoms with Gasteiger partial charge in [-0.2, -0.15) is 0 Å². The van der Waals surface area contributed by atoms with Gasteiger partial charge in [-0.3, -0.25) is 4.98 Å². The molecule has 0 radical (unpaired) electrons. The molecule has 29 heavy (non-hydrogen) atoms. The minimum atomic E-state index is 0.788. The third-order valence-corrected chi connectivity index (χ3v) is 5.28. The second-order valence-corrected chi connectivity index (χ2v) is 7.59. The minimum absolute atomic E-state index is 0.788. The summed E-state index contributed by atoms with van der Waals surface area (Å²) in [6.45, 7) is 0. The predicted octanol–water partition coefficient (Wildman–Crippen LogP) is 6.79. The third kappa shape index (κ3) is 3.67. The topological polar surface area (TPSA) is 38.7 Å². The Bertz CT molecular complexity index is 1320. The van der Waals surface area contributed by atoms with Crippen LogP contribution in [0.1, 0.15) is 0 Å². The van der Waals surface area contributed by atoms with E-state index in [2.05, 4.69) is 80.5 Å². The number of hydrogen-bond donors (Lipinski definition) is 0. The fraction of sp³-hybridized carbons (Fsp3) is 0. The van der Waals surface area contributed by atoms with Crippen molar-refractivity contribution < 1.29 is 0 Å². The number of rotatable bonds is 3. The Morgan fingerprint density at radius 3 is 2.24 bits per heavy atom. The number of benzene rings is 2. The Balaban J connectivity index is 1.72. The zero-order valence-electron chi connectivity index (χ0n) is 15.5. The molecule has 0 amide bonds. The van der Waals surface area contributed by atoms with Gasteiger partial charge in [0, 0.05) is 18.0 Å². The molecule has 3 aromatic heterocycles. The number of halogens is 1. The van der Waals surface area contributed by atoms with Gasteiger partial charge in [0.25, 0.3) is 0 Å². The first-order valence-electron chi connectivity index (χ1n) is 9.31. The van der Waals surface area contributed by atoms with Crippen LogP contribution in [-0.4, -0.2) is 15.0 Å². The van der Waals surface area contributed by atoms with Crippen molar-refractivity contribution in [3.8, 4) is 33.8 Å². The summed E-state index contributed by atoms with van der Waals surface area (Å²) in [4.78, 5) is 13.7. The summed E-state index contributed by atoms with van der Waals surface area (Å²) in [5.74, 6) is 0. The van der Waals surface area contributed by atoms with Crippen molar-refractivity contribution in [2.24, 2.45) is 0 Å². The van der Waals surface area contributed by atoms with Crippen LogP contribution in [0.15, 0.2) is 102 Å². The lowest BCUT2D eigenvalue weighted by Gasteiger charge is -2.10. The molecule has 0 bridgehead atoms. The number of pyridine rings is 3. The Morgan fingerprint density at radius 2 is 1.41 bits per heavy atom. The van der Waals surface area contributed by atoms with Gasteiger partial charge in [0.05, 0.1) is 17.1 Å². The predicted molar refractivity (Wildman–Crippen MR) is 121 cm³/mol. The summed E-state index contributed by atoms with van der Waals surface area (Å²) >= 11 is 3.46. The highest BCUT2D eigenvalue weighted by atomic mass is 79.9. The molecule has 0 N–H and O–H groups in total. The Labute approximate surface area is 177 Å². The first kappa shape index (κ1) is 17.7. The lowest BCUT2D eigenvalue weighted by atomic mass is 9.99. The van der Waals surface area contributed by atoms with Crippen LogP contribution in [-0.2, 0) is 0 Å². The lowest BCUT2D eigenvalue weighted by molar-refractivity contribution is 1.22. The first-order chi connectivity index (χ1) is 14.3. The van der Waals surface area contributed by atoms with Crippen LogP contribution in [0.3, 0.4) is 0 Å². The van der Waals surface area contributed by atoms with Crippen molar-refractivity contribution in [3.63, 3.8) is 0 Å². The van der Waals surface area contributed by atoms with E-state index in [1.165, 1.54) is 10.8 Å². The quantitative estimate of drug-likeness (QED) is 0.291. The van der Waals surface area contributed by atoms with Gasteiger partial charge in [-0.05, 0) is 80.3 Å². The van der Waals surface area contributed by atoms with Crippen LogP contribution in [0.4, 0.5) is 0 Å². The molecule has 4 heteroatoms. The number of aromatic nitrogens is 3. The molecule has 0 aliphatic rings. The molecule has 0 unspecified atom stereocenters. The molecule has 138 valence electrons. The van der Waals surface area contributed by atoms with Crippen LogP contribution in [0.25, 0.3) is 44.5 Å². The average molecular weight is 438 g/mol. The summed E-state index contributed by atoms with van der Waals surface area (Å²) in [6.07, 6.45) is 3.61. The van der Waals surface area contributed by atoms with Crippen molar-refractivity contribution in [1.82, 2.24) is 15.0 Å². The van der Waals surface area contributed by atoms with Gasteiger partial charge in [0.15, 0.2) is 0 Å². The fourth-order valence-electron chi connectivity index (χ4n) is 3.41. The van der Waals surface area contributed by atoms with E-state index in [-0.39, 0.29) is 0 Å². The normalized spacial score (nSPS) is 10.9. The zero-order valence-corrected chi connectivity index (χ0v) is 17.0. The molecular formula is C25H16BrN3. The van der Waals surface area contributed by atoms with Crippen molar-refractivity contribution in [3.05, 3.63) is 102 Å². The molecule has 0 spiro atoms. The molecule has 2 aromatic carbocycles. The molecule has 0 saturated heterocycles. The molecule has 5 aromatic rings. The molecule has 3 nitrogen and oxygen atoms in total. The van der Waals surface area contributed by atoms with Crippen molar-refractivity contribution >= 4 is 26.7 Å². The molecule has 0 aliphatic heterocycles. The Kier molecular flexibility index (Phi) is 4.62. The highest BCUT2D eigenvalue weighted by molar-refractivity contribution is 9.10. The first-order valence-corrected chi connectivity index (χ1v) is 10.1. The summed E-state index contributed by atoms with van der Waals surface area (Å²) in [5, 5.41) is 2.44. The molecular weight excluding hydrogens is 422 g/mol. The van der Waals surface area contributed by atoms with E-state index >= 15 is 0 Å². The Hall–Kier alpha value is -3.37. The van der Waals surface area contributed by atoms with Gasteiger partial charge in [0.2, 0.25) is 0 Å². The largest absolute Gasteiger partial charge is 0.264 e. The second-order valence-electron chi connectivity index (χ2n) is 6.78. The van der Waals surface area contributed by atoms with Gasteiger partial charge in [0.1, 0.15) is 4.60 Å². The van der Waals surface area contributed by atoms with E-state index in [1.807, 2.05) is 36.5 Å². The Morgan fingerprint density at radius 1 is 0.552 bits per heavy atom. The van der Waals surface area contributed by atoms with E-state index in [4.69, 9.17) is 4.98 Å². The number of nitrogens with zero attached hydrogens (tertiary/aromatic N) is 3. The van der Waals surface area contributed by atoms with Gasteiger partial charge in [-0.15, -0.1) is 0 Å². The minimum Gasteiger partial charge on any atom is -0.264 e. The highest BCUT2D eigenvalue weighted by Gasteiger charge is 2.10. The van der Waals surface area contributed by atoms with E-state index < -0.39 is 0 Å². The monoisotopic (exact) mass is 437 g/mol. The van der Waals surface area contributed by atoms with E-state index in [0.29, 0.717) is 0 Å². The maximum Gasteiger partial charge on any atom is 0.106 e. The van der Waals surface area contributed by atoms with Gasteiger partial charge in [-0.1, -0.05) is 42.5 Å². The highest BCUT2D eigenvalue weighted by Crippen LogP contribution is 2.31. The van der Waals surface area contributed by atoms with Crippen molar-refractivity contribution in [1.29, 1.82) is 0 Å². The lowest BCUT2D eigenvalue weighted by Crippen LogP contribution is -1.93. The summed E-state index contributed by atoms with van der Waals surface area (Å²) < 4.78 is 0.788. The molecule has 5 rings (SSSR count). The van der Waals surface area contributed by atoms with E-state index in [9.17, 15) is 0 Å². The fourth-order valence-corrected chi connectivity index (χ4v) is 3.75. The van der Waals surface area contributed by atoms with Gasteiger partial charge < -0.3 is 0 Å².